The Morgan fingerprint density at radius 2 is 2.12 bits per heavy atom. The van der Waals surface area contributed by atoms with E-state index in [-0.39, 0.29) is 41.4 Å². The predicted molar refractivity (Wildman–Crippen MR) is 118 cm³/mol. The molecule has 4 N–H and O–H groups in total. The number of phosphoric acid groups is 1. The Morgan fingerprint density at radius 1 is 1.38 bits per heavy atom. The molecule has 0 aliphatic carbocycles. The van der Waals surface area contributed by atoms with Gasteiger partial charge in [-0.05, 0) is 32.1 Å². The van der Waals surface area contributed by atoms with Crippen LogP contribution in [0, 0.1) is 0 Å². The van der Waals surface area contributed by atoms with Gasteiger partial charge in [0.25, 0.3) is 0 Å². The number of likely N-dealkylation sites (tertiary alicyclic amines) is 1. The molecule has 4 rings (SSSR count). The third kappa shape index (κ3) is 4.41. The fourth-order valence-electron chi connectivity index (χ4n) is 3.86. The highest BCUT2D eigenvalue weighted by Crippen LogP contribution is 2.48. The number of nitrogens with zero attached hydrogens (tertiary/aromatic N) is 1. The van der Waals surface area contributed by atoms with Gasteiger partial charge in [-0.2, -0.15) is 0 Å². The van der Waals surface area contributed by atoms with Gasteiger partial charge in [0, 0.05) is 38.4 Å². The average molecular weight is 485 g/mol. The molecule has 1 fully saturated rings. The van der Waals surface area contributed by atoms with Gasteiger partial charge in [0.05, 0.1) is 12.5 Å². The summed E-state index contributed by atoms with van der Waals surface area (Å²) < 4.78 is 45.9. The first-order valence-electron chi connectivity index (χ1n) is 11.1. The molecular formula is C21H21ClNO8P. The maximum absolute atomic E-state index is 13.1. The summed E-state index contributed by atoms with van der Waals surface area (Å²) in [4.78, 5) is 33.4. The summed E-state index contributed by atoms with van der Waals surface area (Å²) in [6.07, 6.45) is -1.20. The summed E-state index contributed by atoms with van der Waals surface area (Å²) in [7, 11) is -5.25. The van der Waals surface area contributed by atoms with E-state index in [0.717, 1.165) is 6.07 Å². The van der Waals surface area contributed by atoms with Crippen LogP contribution in [0.15, 0.2) is 45.6 Å². The van der Waals surface area contributed by atoms with E-state index in [1.54, 1.807) is 24.3 Å². The van der Waals surface area contributed by atoms with Crippen molar-refractivity contribution in [2.45, 2.75) is 18.4 Å². The molecule has 0 bridgehead atoms. The van der Waals surface area contributed by atoms with Gasteiger partial charge in [-0.3, -0.25) is 14.6 Å². The second kappa shape index (κ2) is 8.51. The van der Waals surface area contributed by atoms with Gasteiger partial charge in [-0.15, -0.1) is 0 Å². The van der Waals surface area contributed by atoms with Crippen LogP contribution < -0.4 is 9.95 Å². The van der Waals surface area contributed by atoms with Crippen LogP contribution in [0.3, 0.4) is 0 Å². The number of phenols is 1. The topological polar surface area (TPSA) is 141 Å². The molecular weight excluding hydrogens is 461 g/mol. The number of aromatic hydroxyl groups is 1. The van der Waals surface area contributed by atoms with Crippen LogP contribution in [0.2, 0.25) is 5.02 Å². The summed E-state index contributed by atoms with van der Waals surface area (Å²) in [6, 6.07) is 6.66. The number of benzene rings is 2. The van der Waals surface area contributed by atoms with E-state index >= 15 is 0 Å². The molecule has 2 aromatic carbocycles. The van der Waals surface area contributed by atoms with E-state index in [2.05, 4.69) is 0 Å². The molecule has 0 amide bonds. The molecule has 2 atom stereocenters. The third-order valence-electron chi connectivity index (χ3n) is 5.24. The fourth-order valence-corrected chi connectivity index (χ4v) is 4.47. The quantitative estimate of drug-likeness (QED) is 0.411. The van der Waals surface area contributed by atoms with E-state index in [1.165, 1.54) is 4.90 Å². The molecule has 1 aromatic heterocycles. The molecule has 1 aliphatic heterocycles. The minimum Gasteiger partial charge on any atom is -0.507 e. The zero-order chi connectivity index (χ0) is 25.7. The normalized spacial score (nSPS) is 21.3. The summed E-state index contributed by atoms with van der Waals surface area (Å²) in [5.41, 5.74) is -0.931. The van der Waals surface area contributed by atoms with E-state index in [9.17, 15) is 29.4 Å². The Morgan fingerprint density at radius 3 is 2.78 bits per heavy atom. The summed E-state index contributed by atoms with van der Waals surface area (Å²) in [6.45, 7) is -1.34. The van der Waals surface area contributed by atoms with Crippen LogP contribution >= 0.6 is 19.4 Å². The van der Waals surface area contributed by atoms with Gasteiger partial charge >= 0.3 is 7.82 Å². The molecule has 1 saturated heterocycles. The maximum atomic E-state index is 13.1. The number of β-amino-alcohol motifs (C(OH)–C–C–N with tert-alkyl or cyclic N) is 1. The predicted octanol–water partition coefficient (Wildman–Crippen LogP) is 3.07. The van der Waals surface area contributed by atoms with E-state index < -0.39 is 55.2 Å². The Balaban J connectivity index is 2.05. The molecule has 11 heteroatoms. The van der Waals surface area contributed by atoms with Gasteiger partial charge in [0.2, 0.25) is 0 Å². The van der Waals surface area contributed by atoms with Gasteiger partial charge in [-0.1, -0.05) is 23.7 Å². The van der Waals surface area contributed by atoms with Crippen molar-refractivity contribution in [1.29, 1.82) is 0 Å². The van der Waals surface area contributed by atoms with Gasteiger partial charge in [0.1, 0.15) is 28.2 Å². The van der Waals surface area contributed by atoms with Crippen molar-refractivity contribution >= 4 is 30.4 Å². The minimum absolute atomic E-state index is 0.0158. The SMILES string of the molecule is [2H]c1c(OP(=O)(O)O)c([C@H]2CCN(C([2H])[2H])C[C@H]2O)c2oc(-c3ccccc3Cl)cc(=O)c2c1O. The molecule has 1 aliphatic rings. The highest BCUT2D eigenvalue weighted by molar-refractivity contribution is 7.46. The van der Waals surface area contributed by atoms with Crippen LogP contribution in [0.4, 0.5) is 0 Å². The monoisotopic (exact) mass is 484 g/mol. The smallest absolute Gasteiger partial charge is 0.507 e. The Bertz CT molecular complexity index is 1400. The number of hydrogen-bond acceptors (Lipinski definition) is 7. The number of fused-ring (bicyclic) bond motifs is 1. The summed E-state index contributed by atoms with van der Waals surface area (Å²) in [5, 5.41) is 21.3. The number of likely N-dealkylation sites (N-methyl/N-ethyl adjacent to an activating group) is 1. The number of aliphatic hydroxyl groups excluding tert-OH is 1. The van der Waals surface area contributed by atoms with E-state index in [0.29, 0.717) is 5.56 Å². The van der Waals surface area contributed by atoms with Crippen LogP contribution in [0.25, 0.3) is 22.3 Å². The maximum Gasteiger partial charge on any atom is 0.524 e. The molecule has 0 saturated carbocycles. The first-order chi connectivity index (χ1) is 16.4. The fraction of sp³-hybridized carbons (Fsp3) is 0.286. The molecule has 32 heavy (non-hydrogen) atoms. The van der Waals surface area contributed by atoms with Crippen molar-refractivity contribution in [2.24, 2.45) is 0 Å². The molecule has 170 valence electrons. The van der Waals surface area contributed by atoms with Crippen molar-refractivity contribution in [3.63, 3.8) is 0 Å². The lowest BCUT2D eigenvalue weighted by atomic mass is 9.85. The molecule has 9 nitrogen and oxygen atoms in total. The number of aliphatic hydroxyl groups is 1. The summed E-state index contributed by atoms with van der Waals surface area (Å²) >= 11 is 6.24. The van der Waals surface area contributed by atoms with Gasteiger partial charge in [0.15, 0.2) is 5.43 Å². The third-order valence-corrected chi connectivity index (χ3v) is 5.99. The van der Waals surface area contributed by atoms with E-state index in [1.807, 2.05) is 0 Å². The average Bonchev–Trinajstić information content (AvgIpc) is 2.77. The van der Waals surface area contributed by atoms with Crippen LogP contribution in [0.5, 0.6) is 11.5 Å². The number of phosphoric ester groups is 1. The van der Waals surface area contributed by atoms with Crippen LogP contribution in [-0.2, 0) is 4.57 Å². The van der Waals surface area contributed by atoms with E-state index in [4.69, 9.17) is 24.7 Å². The standard InChI is InChI=1S/C21H21ClNO8P/c1-23-7-6-12(16(26)10-23)19-18(31-32(27,28)29)9-15(25)20-14(24)8-17(30-21(19)20)11-4-2-3-5-13(11)22/h2-5,8-9,12,16,25-26H,6-7,10H2,1H3,(H2,27,28,29)/t12-,16+/m0/s1/i1D2,9D. The Labute approximate surface area is 191 Å². The molecule has 0 radical (unpaired) electrons. The highest BCUT2D eigenvalue weighted by Gasteiger charge is 2.35. The van der Waals surface area contributed by atoms with Crippen molar-refractivity contribution in [1.82, 2.24) is 4.90 Å². The lowest BCUT2D eigenvalue weighted by Gasteiger charge is -2.34. The molecule has 0 spiro atoms. The number of rotatable bonds is 4. The number of halogens is 1. The lowest BCUT2D eigenvalue weighted by molar-refractivity contribution is 0.0632. The zero-order valence-corrected chi connectivity index (χ0v) is 18.1. The Hall–Kier alpha value is -2.39. The second-order valence-electron chi connectivity index (χ2n) is 7.41. The van der Waals surface area contributed by atoms with Crippen LogP contribution in [-0.4, -0.2) is 51.1 Å². The highest BCUT2D eigenvalue weighted by atomic mass is 35.5. The van der Waals surface area contributed by atoms with Crippen LogP contribution in [0.1, 0.15) is 22.0 Å². The lowest BCUT2D eigenvalue weighted by Crippen LogP contribution is -2.40. The first kappa shape index (κ1) is 19.1. The van der Waals surface area contributed by atoms with Crippen molar-refractivity contribution in [3.05, 3.63) is 57.2 Å². The van der Waals surface area contributed by atoms with Crippen molar-refractivity contribution < 1.29 is 37.6 Å². The van der Waals surface area contributed by atoms with Gasteiger partial charge in [-0.25, -0.2) is 4.57 Å². The first-order valence-corrected chi connectivity index (χ1v) is 11.4. The summed E-state index contributed by atoms with van der Waals surface area (Å²) in [5.74, 6) is -2.63. The van der Waals surface area contributed by atoms with Crippen molar-refractivity contribution in [2.75, 3.05) is 20.1 Å². The number of hydrogen-bond donors (Lipinski definition) is 4. The van der Waals surface area contributed by atoms with Crippen molar-refractivity contribution in [3.8, 4) is 22.8 Å². The zero-order valence-electron chi connectivity index (χ0n) is 19.4. The molecule has 0 unspecified atom stereocenters. The molecule has 2 heterocycles. The largest absolute Gasteiger partial charge is 0.524 e. The van der Waals surface area contributed by atoms with Gasteiger partial charge < -0.3 is 24.1 Å². The second-order valence-corrected chi connectivity index (χ2v) is 8.99. The number of piperidine rings is 1. The Kier molecular flexibility index (Phi) is 5.09. The molecule has 3 aromatic rings. The minimum atomic E-state index is -5.25. The number of phenolic OH excluding ortho intramolecular Hbond substituents is 1.